The minimum absolute atomic E-state index is 0.139. The highest BCUT2D eigenvalue weighted by molar-refractivity contribution is 7.90. The predicted molar refractivity (Wildman–Crippen MR) is 53.0 cm³/mol. The third-order valence-corrected chi connectivity index (χ3v) is 3.71. The van der Waals surface area contributed by atoms with Crippen LogP contribution in [0.5, 0.6) is 0 Å². The molecule has 0 saturated heterocycles. The molecule has 0 aliphatic carbocycles. The van der Waals surface area contributed by atoms with Gasteiger partial charge < -0.3 is 5.11 Å². The Balaban J connectivity index is 4.23. The molecule has 0 radical (unpaired) electrons. The van der Waals surface area contributed by atoms with E-state index in [9.17, 15) is 8.42 Å². The molecule has 0 aliphatic heterocycles. The van der Waals surface area contributed by atoms with E-state index in [1.54, 1.807) is 13.8 Å². The zero-order valence-corrected chi connectivity index (χ0v) is 9.26. The third-order valence-electron chi connectivity index (χ3n) is 1.81. The second-order valence-electron chi connectivity index (χ2n) is 3.38. The van der Waals surface area contributed by atoms with Gasteiger partial charge in [0, 0.05) is 6.04 Å². The summed E-state index contributed by atoms with van der Waals surface area (Å²) < 4.78 is 25.2. The minimum Gasteiger partial charge on any atom is -0.395 e. The van der Waals surface area contributed by atoms with Gasteiger partial charge in [0.1, 0.15) is 0 Å². The maximum Gasteiger partial charge on any atom is 0.214 e. The molecule has 80 valence electrons. The molecule has 0 spiro atoms. The highest BCUT2D eigenvalue weighted by atomic mass is 32.2. The van der Waals surface area contributed by atoms with Crippen LogP contribution in [0.2, 0.25) is 0 Å². The highest BCUT2D eigenvalue weighted by Crippen LogP contribution is 2.02. The Hall–Kier alpha value is -0.130. The molecule has 0 fully saturated rings. The van der Waals surface area contributed by atoms with Crippen LogP contribution in [-0.2, 0) is 10.0 Å². The Labute approximate surface area is 80.4 Å². The van der Waals surface area contributed by atoms with Gasteiger partial charge in [0.15, 0.2) is 0 Å². The summed E-state index contributed by atoms with van der Waals surface area (Å²) in [5.74, 6) is 0. The fourth-order valence-electron chi connectivity index (χ4n) is 0.904. The van der Waals surface area contributed by atoms with Crippen LogP contribution in [0, 0.1) is 0 Å². The molecule has 0 rings (SSSR count). The molecule has 2 N–H and O–H groups in total. The molecule has 0 unspecified atom stereocenters. The normalized spacial score (nSPS) is 14.8. The molecule has 0 saturated carbocycles. The molecule has 0 aromatic heterocycles. The van der Waals surface area contributed by atoms with E-state index in [1.807, 2.05) is 6.92 Å². The molecular formula is C8H19NO3S. The summed E-state index contributed by atoms with van der Waals surface area (Å²) in [7, 11) is -3.24. The van der Waals surface area contributed by atoms with Gasteiger partial charge in [-0.1, -0.05) is 13.3 Å². The van der Waals surface area contributed by atoms with Gasteiger partial charge in [-0.3, -0.25) is 0 Å². The highest BCUT2D eigenvalue weighted by Gasteiger charge is 2.19. The Morgan fingerprint density at radius 3 is 2.23 bits per heavy atom. The van der Waals surface area contributed by atoms with Crippen molar-refractivity contribution < 1.29 is 13.5 Å². The molecule has 5 heteroatoms. The number of aliphatic hydroxyl groups is 1. The zero-order chi connectivity index (χ0) is 10.5. The predicted octanol–water partition coefficient (Wildman–Crippen LogP) is 0.475. The first-order valence-corrected chi connectivity index (χ1v) is 6.10. The van der Waals surface area contributed by atoms with Gasteiger partial charge in [0.05, 0.1) is 11.9 Å². The van der Waals surface area contributed by atoms with E-state index in [0.717, 1.165) is 6.42 Å². The van der Waals surface area contributed by atoms with Crippen molar-refractivity contribution in [3.8, 4) is 0 Å². The summed E-state index contributed by atoms with van der Waals surface area (Å²) in [6.45, 7) is 5.04. The van der Waals surface area contributed by atoms with Gasteiger partial charge in [-0.2, -0.15) is 0 Å². The summed E-state index contributed by atoms with van der Waals surface area (Å²) in [6.07, 6.45) is 1.52. The van der Waals surface area contributed by atoms with Crippen molar-refractivity contribution >= 4 is 10.0 Å². The monoisotopic (exact) mass is 209 g/mol. The van der Waals surface area contributed by atoms with Crippen LogP contribution >= 0.6 is 0 Å². The van der Waals surface area contributed by atoms with Gasteiger partial charge in [0.25, 0.3) is 0 Å². The quantitative estimate of drug-likeness (QED) is 0.668. The first-order chi connectivity index (χ1) is 5.94. The minimum atomic E-state index is -3.24. The van der Waals surface area contributed by atoms with Crippen LogP contribution in [0.25, 0.3) is 0 Å². The maximum absolute atomic E-state index is 11.4. The largest absolute Gasteiger partial charge is 0.395 e. The van der Waals surface area contributed by atoms with E-state index in [0.29, 0.717) is 6.42 Å². The van der Waals surface area contributed by atoms with Crippen LogP contribution in [0.1, 0.15) is 33.6 Å². The van der Waals surface area contributed by atoms with Gasteiger partial charge in [-0.05, 0) is 20.3 Å². The Kier molecular flexibility index (Phi) is 5.51. The Bertz CT molecular complexity index is 224. The third kappa shape index (κ3) is 4.59. The van der Waals surface area contributed by atoms with E-state index in [4.69, 9.17) is 5.11 Å². The fourth-order valence-corrected chi connectivity index (χ4v) is 1.83. The molecule has 0 amide bonds. The van der Waals surface area contributed by atoms with Crippen molar-refractivity contribution in [3.63, 3.8) is 0 Å². The lowest BCUT2D eigenvalue weighted by Crippen LogP contribution is -2.40. The Morgan fingerprint density at radius 1 is 1.38 bits per heavy atom. The van der Waals surface area contributed by atoms with Crippen molar-refractivity contribution in [2.75, 3.05) is 6.61 Å². The Morgan fingerprint density at radius 2 is 1.92 bits per heavy atom. The number of rotatable bonds is 6. The molecule has 0 aromatic rings. The van der Waals surface area contributed by atoms with E-state index in [1.165, 1.54) is 0 Å². The summed E-state index contributed by atoms with van der Waals surface area (Å²) in [5.41, 5.74) is 0. The lowest BCUT2D eigenvalue weighted by Gasteiger charge is -2.17. The molecule has 1 atom stereocenters. The van der Waals surface area contributed by atoms with Crippen molar-refractivity contribution in [2.24, 2.45) is 0 Å². The average Bonchev–Trinajstić information content (AvgIpc) is 2.03. The summed E-state index contributed by atoms with van der Waals surface area (Å²) in [5, 5.41) is 8.43. The van der Waals surface area contributed by atoms with E-state index in [2.05, 4.69) is 4.72 Å². The topological polar surface area (TPSA) is 66.4 Å². The average molecular weight is 209 g/mol. The lowest BCUT2D eigenvalue weighted by molar-refractivity contribution is 0.249. The summed E-state index contributed by atoms with van der Waals surface area (Å²) >= 11 is 0. The van der Waals surface area contributed by atoms with E-state index >= 15 is 0 Å². The number of nitrogens with one attached hydrogen (secondary N) is 1. The smallest absolute Gasteiger partial charge is 0.214 e. The van der Waals surface area contributed by atoms with E-state index < -0.39 is 15.3 Å². The second-order valence-corrected chi connectivity index (χ2v) is 5.65. The lowest BCUT2D eigenvalue weighted by atomic mass is 10.2. The first-order valence-electron chi connectivity index (χ1n) is 4.56. The summed E-state index contributed by atoms with van der Waals surface area (Å²) in [6, 6.07) is -0.336. The van der Waals surface area contributed by atoms with Crippen molar-refractivity contribution in [1.82, 2.24) is 4.72 Å². The van der Waals surface area contributed by atoms with Gasteiger partial charge in [-0.25, -0.2) is 13.1 Å². The van der Waals surface area contributed by atoms with Crippen LogP contribution in [0.15, 0.2) is 0 Å². The number of aliphatic hydroxyl groups excluding tert-OH is 1. The second kappa shape index (κ2) is 5.57. The maximum atomic E-state index is 11.4. The molecule has 0 bridgehead atoms. The molecule has 0 aromatic carbocycles. The molecular weight excluding hydrogens is 190 g/mol. The van der Waals surface area contributed by atoms with E-state index in [-0.39, 0.29) is 12.6 Å². The molecule has 4 nitrogen and oxygen atoms in total. The first kappa shape index (κ1) is 12.9. The van der Waals surface area contributed by atoms with Crippen LogP contribution in [0.4, 0.5) is 0 Å². The standard InChI is InChI=1S/C8H19NO3S/c1-4-5-8(6-10)9-13(11,12)7(2)3/h7-10H,4-6H2,1-3H3/t8-/m1/s1. The molecule has 13 heavy (non-hydrogen) atoms. The van der Waals surface area contributed by atoms with Gasteiger partial charge >= 0.3 is 0 Å². The SMILES string of the molecule is CCC[C@H](CO)NS(=O)(=O)C(C)C. The van der Waals surface area contributed by atoms with Crippen LogP contribution in [-0.4, -0.2) is 31.4 Å². The zero-order valence-electron chi connectivity index (χ0n) is 8.45. The van der Waals surface area contributed by atoms with Crippen molar-refractivity contribution in [1.29, 1.82) is 0 Å². The van der Waals surface area contributed by atoms with Crippen LogP contribution < -0.4 is 4.72 Å². The molecule has 0 heterocycles. The van der Waals surface area contributed by atoms with Crippen molar-refractivity contribution in [2.45, 2.75) is 44.9 Å². The number of hydrogen-bond donors (Lipinski definition) is 2. The fraction of sp³-hybridized carbons (Fsp3) is 1.00. The van der Waals surface area contributed by atoms with Gasteiger partial charge in [0.2, 0.25) is 10.0 Å². The number of sulfonamides is 1. The molecule has 0 aliphatic rings. The van der Waals surface area contributed by atoms with Gasteiger partial charge in [-0.15, -0.1) is 0 Å². The van der Waals surface area contributed by atoms with Crippen molar-refractivity contribution in [3.05, 3.63) is 0 Å². The number of hydrogen-bond acceptors (Lipinski definition) is 3. The van der Waals surface area contributed by atoms with Crippen LogP contribution in [0.3, 0.4) is 0 Å². The summed E-state index contributed by atoms with van der Waals surface area (Å²) in [4.78, 5) is 0.